The van der Waals surface area contributed by atoms with Crippen molar-refractivity contribution in [1.29, 1.82) is 0 Å². The molecule has 1 atom stereocenters. The summed E-state index contributed by atoms with van der Waals surface area (Å²) in [5.41, 5.74) is 9.68. The van der Waals surface area contributed by atoms with Gasteiger partial charge in [-0.15, -0.1) is 0 Å². The van der Waals surface area contributed by atoms with Crippen LogP contribution in [-0.4, -0.2) is 22.4 Å². The van der Waals surface area contributed by atoms with Gasteiger partial charge in [0.2, 0.25) is 0 Å². The maximum Gasteiger partial charge on any atom is 0.356 e. The van der Waals surface area contributed by atoms with Crippen LogP contribution in [0.4, 0.5) is 5.95 Å². The van der Waals surface area contributed by atoms with Gasteiger partial charge in [-0.2, -0.15) is 0 Å². The predicted molar refractivity (Wildman–Crippen MR) is 104 cm³/mol. The van der Waals surface area contributed by atoms with Crippen molar-refractivity contribution in [3.63, 3.8) is 0 Å². The Bertz CT molecular complexity index is 873. The standard InChI is InChI=1S/C21H27N3O2/c1-3-4-12-23-19-10-5-6-11-20(19)24(21(23)22)14-17(25)15-26-18-9-7-8-16(2)13-18/h5-11,13,17,22,25H,3-4,12,14-15H2,1-2H3/p+1/t17-/m1/s1. The normalized spacial score (nSPS) is 12.4. The maximum atomic E-state index is 10.5. The summed E-state index contributed by atoms with van der Waals surface area (Å²) in [7, 11) is 0. The van der Waals surface area contributed by atoms with E-state index in [1.807, 2.05) is 54.0 Å². The number of aryl methyl sites for hydroxylation is 2. The minimum atomic E-state index is -0.645. The summed E-state index contributed by atoms with van der Waals surface area (Å²) in [4.78, 5) is 0. The molecule has 3 N–H and O–H groups in total. The van der Waals surface area contributed by atoms with E-state index < -0.39 is 6.10 Å². The molecule has 0 aliphatic carbocycles. The minimum absolute atomic E-state index is 0.227. The van der Waals surface area contributed by atoms with Crippen molar-refractivity contribution in [3.05, 3.63) is 54.1 Å². The number of nitrogens with two attached hydrogens (primary N) is 1. The third-order valence-corrected chi connectivity index (χ3v) is 4.58. The molecular weight excluding hydrogens is 326 g/mol. The minimum Gasteiger partial charge on any atom is -0.491 e. The van der Waals surface area contributed by atoms with Crippen molar-refractivity contribution in [2.24, 2.45) is 0 Å². The number of para-hydroxylation sites is 2. The number of unbranched alkanes of at least 4 members (excludes halogenated alkanes) is 1. The van der Waals surface area contributed by atoms with Crippen molar-refractivity contribution in [1.82, 2.24) is 4.57 Å². The molecule has 26 heavy (non-hydrogen) atoms. The van der Waals surface area contributed by atoms with Gasteiger partial charge in [-0.05, 0) is 43.2 Å². The molecule has 0 unspecified atom stereocenters. The van der Waals surface area contributed by atoms with Crippen LogP contribution in [0.1, 0.15) is 25.3 Å². The summed E-state index contributed by atoms with van der Waals surface area (Å²) in [6.07, 6.45) is 1.54. The SMILES string of the molecule is CCCCn1c(N)[n+](C[C@@H](O)COc2cccc(C)c2)c2ccccc21. The Morgan fingerprint density at radius 3 is 2.77 bits per heavy atom. The van der Waals surface area contributed by atoms with E-state index in [2.05, 4.69) is 17.6 Å². The van der Waals surface area contributed by atoms with Gasteiger partial charge in [0, 0.05) is 0 Å². The first-order chi connectivity index (χ1) is 12.6. The van der Waals surface area contributed by atoms with Gasteiger partial charge in [0.1, 0.15) is 36.0 Å². The first kappa shape index (κ1) is 18.3. The van der Waals surface area contributed by atoms with E-state index in [1.54, 1.807) is 0 Å². The number of rotatable bonds is 8. The lowest BCUT2D eigenvalue weighted by molar-refractivity contribution is -0.665. The summed E-state index contributed by atoms with van der Waals surface area (Å²) < 4.78 is 9.85. The van der Waals surface area contributed by atoms with Gasteiger partial charge in [-0.3, -0.25) is 5.73 Å². The zero-order valence-corrected chi connectivity index (χ0v) is 15.6. The lowest BCUT2D eigenvalue weighted by Gasteiger charge is -2.12. The number of ether oxygens (including phenoxy) is 1. The van der Waals surface area contributed by atoms with E-state index in [0.29, 0.717) is 12.5 Å². The van der Waals surface area contributed by atoms with Crippen LogP contribution < -0.4 is 15.0 Å². The third-order valence-electron chi connectivity index (χ3n) is 4.58. The summed E-state index contributed by atoms with van der Waals surface area (Å²) >= 11 is 0. The lowest BCUT2D eigenvalue weighted by atomic mass is 10.2. The van der Waals surface area contributed by atoms with Gasteiger partial charge >= 0.3 is 5.95 Å². The second-order valence-electron chi connectivity index (χ2n) is 6.74. The van der Waals surface area contributed by atoms with E-state index in [9.17, 15) is 5.11 Å². The number of fused-ring (bicyclic) bond motifs is 1. The Kier molecular flexibility index (Phi) is 5.78. The largest absolute Gasteiger partial charge is 0.491 e. The monoisotopic (exact) mass is 354 g/mol. The highest BCUT2D eigenvalue weighted by molar-refractivity contribution is 5.73. The predicted octanol–water partition coefficient (Wildman–Crippen LogP) is 3.06. The van der Waals surface area contributed by atoms with E-state index in [-0.39, 0.29) is 6.61 Å². The van der Waals surface area contributed by atoms with Gasteiger partial charge in [-0.25, -0.2) is 9.13 Å². The molecule has 0 fully saturated rings. The average Bonchev–Trinajstić information content (AvgIpc) is 2.90. The van der Waals surface area contributed by atoms with Crippen LogP contribution in [0, 0.1) is 6.92 Å². The Morgan fingerprint density at radius 1 is 1.19 bits per heavy atom. The van der Waals surface area contributed by atoms with Crippen molar-refractivity contribution in [3.8, 4) is 5.75 Å². The lowest BCUT2D eigenvalue weighted by Crippen LogP contribution is -2.43. The fourth-order valence-electron chi connectivity index (χ4n) is 3.22. The number of nitrogens with zero attached hydrogens (tertiary/aromatic N) is 2. The highest BCUT2D eigenvalue weighted by Crippen LogP contribution is 2.17. The molecule has 1 aromatic heterocycles. The van der Waals surface area contributed by atoms with Crippen LogP contribution in [0.3, 0.4) is 0 Å². The Morgan fingerprint density at radius 2 is 2.00 bits per heavy atom. The maximum absolute atomic E-state index is 10.5. The van der Waals surface area contributed by atoms with Crippen molar-refractivity contribution >= 4 is 17.0 Å². The second-order valence-corrected chi connectivity index (χ2v) is 6.74. The van der Waals surface area contributed by atoms with Gasteiger partial charge in [0.05, 0.1) is 6.54 Å². The molecule has 5 nitrogen and oxygen atoms in total. The molecule has 138 valence electrons. The Balaban J connectivity index is 1.76. The smallest absolute Gasteiger partial charge is 0.356 e. The summed E-state index contributed by atoms with van der Waals surface area (Å²) in [5.74, 6) is 1.45. The fraction of sp³-hybridized carbons (Fsp3) is 0.381. The summed E-state index contributed by atoms with van der Waals surface area (Å²) in [6.45, 7) is 5.70. The highest BCUT2D eigenvalue weighted by Gasteiger charge is 2.22. The van der Waals surface area contributed by atoms with Gasteiger partial charge < -0.3 is 9.84 Å². The number of nitrogen functional groups attached to an aromatic ring is 1. The van der Waals surface area contributed by atoms with Gasteiger partial charge in [-0.1, -0.05) is 37.6 Å². The first-order valence-corrected chi connectivity index (χ1v) is 9.24. The number of hydrogen-bond acceptors (Lipinski definition) is 3. The molecule has 5 heteroatoms. The van der Waals surface area contributed by atoms with Crippen molar-refractivity contribution < 1.29 is 14.4 Å². The molecule has 0 aliphatic heterocycles. The molecule has 3 rings (SSSR count). The summed E-state index contributed by atoms with van der Waals surface area (Å²) in [6, 6.07) is 16.0. The zero-order chi connectivity index (χ0) is 18.5. The molecule has 0 saturated heterocycles. The van der Waals surface area contributed by atoms with Crippen LogP contribution in [0.25, 0.3) is 11.0 Å². The van der Waals surface area contributed by atoms with E-state index in [4.69, 9.17) is 10.5 Å². The van der Waals surface area contributed by atoms with Gasteiger partial charge in [0.25, 0.3) is 0 Å². The van der Waals surface area contributed by atoms with Crippen molar-refractivity contribution in [2.75, 3.05) is 12.3 Å². The quantitative estimate of drug-likeness (QED) is 0.611. The van der Waals surface area contributed by atoms with E-state index in [1.165, 1.54) is 0 Å². The van der Waals surface area contributed by atoms with Crippen LogP contribution in [-0.2, 0) is 13.1 Å². The number of hydrogen-bond donors (Lipinski definition) is 2. The number of imidazole rings is 1. The molecule has 0 amide bonds. The topological polar surface area (TPSA) is 64.3 Å². The van der Waals surface area contributed by atoms with Crippen LogP contribution in [0.2, 0.25) is 0 Å². The van der Waals surface area contributed by atoms with Crippen LogP contribution >= 0.6 is 0 Å². The van der Waals surface area contributed by atoms with Gasteiger partial charge in [0.15, 0.2) is 0 Å². The fourth-order valence-corrected chi connectivity index (χ4v) is 3.22. The third kappa shape index (κ3) is 3.99. The number of aliphatic hydroxyl groups is 1. The molecule has 0 spiro atoms. The Hall–Kier alpha value is -2.53. The number of aromatic nitrogens is 2. The number of aliphatic hydroxyl groups excluding tert-OH is 1. The molecule has 2 aromatic carbocycles. The molecule has 0 saturated carbocycles. The van der Waals surface area contributed by atoms with Crippen LogP contribution in [0.5, 0.6) is 5.75 Å². The first-order valence-electron chi connectivity index (χ1n) is 9.24. The highest BCUT2D eigenvalue weighted by atomic mass is 16.5. The molecule has 3 aromatic rings. The molecular formula is C21H28N3O2+. The molecule has 0 bridgehead atoms. The average molecular weight is 354 g/mol. The number of benzene rings is 2. The van der Waals surface area contributed by atoms with Crippen molar-refractivity contribution in [2.45, 2.75) is 45.9 Å². The summed E-state index contributed by atoms with van der Waals surface area (Å²) in [5, 5.41) is 10.5. The second kappa shape index (κ2) is 8.23. The molecule has 1 heterocycles. The van der Waals surface area contributed by atoms with E-state index in [0.717, 1.165) is 41.7 Å². The molecule has 0 radical (unpaired) electrons. The molecule has 0 aliphatic rings. The Labute approximate surface area is 154 Å². The van der Waals surface area contributed by atoms with E-state index >= 15 is 0 Å². The number of anilines is 1. The van der Waals surface area contributed by atoms with Crippen LogP contribution in [0.15, 0.2) is 48.5 Å². The zero-order valence-electron chi connectivity index (χ0n) is 15.6.